The second kappa shape index (κ2) is 8.83. The molecule has 0 spiro atoms. The maximum atomic E-state index is 13.1. The van der Waals surface area contributed by atoms with E-state index in [2.05, 4.69) is 4.98 Å². The molecule has 2 aromatic rings. The highest BCUT2D eigenvalue weighted by Gasteiger charge is 2.36. The number of halogens is 3. The Kier molecular flexibility index (Phi) is 6.46. The summed E-state index contributed by atoms with van der Waals surface area (Å²) in [6, 6.07) is 9.02. The number of aromatic nitrogens is 1. The van der Waals surface area contributed by atoms with Gasteiger partial charge >= 0.3 is 6.18 Å². The van der Waals surface area contributed by atoms with Gasteiger partial charge in [0.2, 0.25) is 0 Å². The summed E-state index contributed by atoms with van der Waals surface area (Å²) in [7, 11) is 0. The first-order chi connectivity index (χ1) is 13.4. The molecule has 1 N–H and O–H groups in total. The van der Waals surface area contributed by atoms with Crippen LogP contribution in [0.1, 0.15) is 17.5 Å². The smallest absolute Gasteiger partial charge is 0.419 e. The summed E-state index contributed by atoms with van der Waals surface area (Å²) in [6.07, 6.45) is -2.52. The van der Waals surface area contributed by atoms with E-state index in [4.69, 9.17) is 9.84 Å². The van der Waals surface area contributed by atoms with Crippen LogP contribution in [0.4, 0.5) is 13.2 Å². The SMILES string of the molecule is O=C(COc1ccc(CO)cc1)N1CCC(Sc2ncccc2C(F)(F)F)C1. The largest absolute Gasteiger partial charge is 0.484 e. The van der Waals surface area contributed by atoms with Crippen molar-refractivity contribution in [3.05, 3.63) is 53.7 Å². The van der Waals surface area contributed by atoms with Gasteiger partial charge in [-0.3, -0.25) is 4.79 Å². The van der Waals surface area contributed by atoms with Crippen LogP contribution < -0.4 is 4.74 Å². The maximum absolute atomic E-state index is 13.1. The molecule has 1 fully saturated rings. The average molecular weight is 412 g/mol. The van der Waals surface area contributed by atoms with Crippen molar-refractivity contribution in [3.63, 3.8) is 0 Å². The fourth-order valence-electron chi connectivity index (χ4n) is 2.84. The molecule has 5 nitrogen and oxygen atoms in total. The van der Waals surface area contributed by atoms with Gasteiger partial charge in [-0.1, -0.05) is 12.1 Å². The van der Waals surface area contributed by atoms with E-state index >= 15 is 0 Å². The highest BCUT2D eigenvalue weighted by molar-refractivity contribution is 8.00. The number of hydrogen-bond donors (Lipinski definition) is 1. The van der Waals surface area contributed by atoms with Crippen molar-refractivity contribution in [3.8, 4) is 5.75 Å². The van der Waals surface area contributed by atoms with E-state index in [1.54, 1.807) is 29.2 Å². The summed E-state index contributed by atoms with van der Waals surface area (Å²) in [4.78, 5) is 17.8. The number of benzene rings is 1. The molecule has 3 rings (SSSR count). The number of alkyl halides is 3. The summed E-state index contributed by atoms with van der Waals surface area (Å²) in [6.45, 7) is 0.604. The lowest BCUT2D eigenvalue weighted by Gasteiger charge is -2.17. The lowest BCUT2D eigenvalue weighted by Crippen LogP contribution is -2.33. The fraction of sp³-hybridized carbons (Fsp3) is 0.368. The molecule has 1 saturated heterocycles. The number of carbonyl (C=O) groups excluding carboxylic acids is 1. The Morgan fingerprint density at radius 2 is 2.04 bits per heavy atom. The first-order valence-corrected chi connectivity index (χ1v) is 9.54. The van der Waals surface area contributed by atoms with E-state index in [1.807, 2.05) is 0 Å². The Bertz CT molecular complexity index is 815. The first kappa shape index (κ1) is 20.5. The predicted octanol–water partition coefficient (Wildman–Crippen LogP) is 3.36. The summed E-state index contributed by atoms with van der Waals surface area (Å²) < 4.78 is 44.7. The van der Waals surface area contributed by atoms with Gasteiger partial charge in [-0.15, -0.1) is 11.8 Å². The Labute approximate surface area is 164 Å². The number of nitrogens with zero attached hydrogens (tertiary/aromatic N) is 2. The van der Waals surface area contributed by atoms with E-state index in [1.165, 1.54) is 12.3 Å². The van der Waals surface area contributed by atoms with Gasteiger partial charge in [-0.2, -0.15) is 13.2 Å². The minimum absolute atomic E-state index is 0.0606. The third-order valence-corrected chi connectivity index (χ3v) is 5.59. The molecule has 1 aromatic carbocycles. The maximum Gasteiger partial charge on any atom is 0.419 e. The highest BCUT2D eigenvalue weighted by Crippen LogP contribution is 2.38. The number of rotatable bonds is 6. The molecule has 9 heteroatoms. The van der Waals surface area contributed by atoms with Gasteiger partial charge in [-0.05, 0) is 36.2 Å². The zero-order valence-corrected chi connectivity index (χ0v) is 15.7. The van der Waals surface area contributed by atoms with Crippen LogP contribution in [0.15, 0.2) is 47.6 Å². The molecule has 1 atom stereocenters. The monoisotopic (exact) mass is 412 g/mol. The summed E-state index contributed by atoms with van der Waals surface area (Å²) >= 11 is 1.05. The zero-order valence-electron chi connectivity index (χ0n) is 14.9. The van der Waals surface area contributed by atoms with Crippen LogP contribution in [-0.2, 0) is 17.6 Å². The van der Waals surface area contributed by atoms with Crippen LogP contribution in [0.5, 0.6) is 5.75 Å². The zero-order chi connectivity index (χ0) is 20.1. The number of carbonyl (C=O) groups is 1. The molecule has 0 radical (unpaired) electrons. The molecule has 0 aliphatic carbocycles. The number of thioether (sulfide) groups is 1. The Morgan fingerprint density at radius 3 is 2.71 bits per heavy atom. The number of aliphatic hydroxyl groups is 1. The van der Waals surface area contributed by atoms with Gasteiger partial charge in [0.1, 0.15) is 10.8 Å². The number of hydrogen-bond acceptors (Lipinski definition) is 5. The van der Waals surface area contributed by atoms with Crippen molar-refractivity contribution < 1.29 is 27.8 Å². The van der Waals surface area contributed by atoms with Crippen molar-refractivity contribution in [2.75, 3.05) is 19.7 Å². The second-order valence-corrected chi connectivity index (χ2v) is 7.60. The normalized spacial score (nSPS) is 17.0. The Balaban J connectivity index is 1.53. The van der Waals surface area contributed by atoms with Crippen molar-refractivity contribution in [2.45, 2.75) is 29.5 Å². The fourth-order valence-corrected chi connectivity index (χ4v) is 4.06. The standard InChI is InChI=1S/C19H19F3N2O3S/c20-19(21,22)16-2-1-8-23-18(16)28-15-7-9-24(10-15)17(26)12-27-14-5-3-13(11-25)4-6-14/h1-6,8,15,25H,7,9-12H2. The van der Waals surface area contributed by atoms with Crippen LogP contribution in [0.3, 0.4) is 0 Å². The van der Waals surface area contributed by atoms with Crippen molar-refractivity contribution in [1.82, 2.24) is 9.88 Å². The molecule has 2 heterocycles. The van der Waals surface area contributed by atoms with Gasteiger partial charge in [0, 0.05) is 24.5 Å². The highest BCUT2D eigenvalue weighted by atomic mass is 32.2. The molecular formula is C19H19F3N2O3S. The molecule has 1 aromatic heterocycles. The molecule has 1 unspecified atom stereocenters. The molecule has 28 heavy (non-hydrogen) atoms. The van der Waals surface area contributed by atoms with Gasteiger partial charge in [0.05, 0.1) is 12.2 Å². The van der Waals surface area contributed by atoms with Crippen molar-refractivity contribution in [2.24, 2.45) is 0 Å². The number of amides is 1. The third kappa shape index (κ3) is 5.17. The van der Waals surface area contributed by atoms with Crippen molar-refractivity contribution >= 4 is 17.7 Å². The molecule has 0 saturated carbocycles. The van der Waals surface area contributed by atoms with E-state index in [0.29, 0.717) is 25.3 Å². The van der Waals surface area contributed by atoms with Crippen LogP contribution in [0, 0.1) is 0 Å². The van der Waals surface area contributed by atoms with Crippen LogP contribution in [0.2, 0.25) is 0 Å². The molecular weight excluding hydrogens is 393 g/mol. The van der Waals surface area contributed by atoms with Crippen LogP contribution in [-0.4, -0.2) is 45.8 Å². The van der Waals surface area contributed by atoms with Gasteiger partial charge in [0.15, 0.2) is 6.61 Å². The third-order valence-electron chi connectivity index (χ3n) is 4.32. The topological polar surface area (TPSA) is 62.7 Å². The number of pyridine rings is 1. The van der Waals surface area contributed by atoms with Gasteiger partial charge in [-0.25, -0.2) is 4.98 Å². The summed E-state index contributed by atoms with van der Waals surface area (Å²) in [5, 5.41) is 8.80. The van der Waals surface area contributed by atoms with E-state index < -0.39 is 11.7 Å². The van der Waals surface area contributed by atoms with Gasteiger partial charge < -0.3 is 14.7 Å². The molecule has 150 valence electrons. The summed E-state index contributed by atoms with van der Waals surface area (Å²) in [5.41, 5.74) is -0.00901. The van der Waals surface area contributed by atoms with E-state index in [9.17, 15) is 18.0 Å². The molecule has 0 bridgehead atoms. The number of likely N-dealkylation sites (tertiary alicyclic amines) is 1. The van der Waals surface area contributed by atoms with Gasteiger partial charge in [0.25, 0.3) is 5.91 Å². The number of aliphatic hydroxyl groups excluding tert-OH is 1. The number of ether oxygens (including phenoxy) is 1. The summed E-state index contributed by atoms with van der Waals surface area (Å²) in [5.74, 6) is 0.297. The Hall–Kier alpha value is -2.26. The van der Waals surface area contributed by atoms with Crippen LogP contribution >= 0.6 is 11.8 Å². The first-order valence-electron chi connectivity index (χ1n) is 8.66. The lowest BCUT2D eigenvalue weighted by molar-refractivity contribution is -0.140. The quantitative estimate of drug-likeness (QED) is 0.788. The van der Waals surface area contributed by atoms with E-state index in [-0.39, 0.29) is 29.4 Å². The minimum Gasteiger partial charge on any atom is -0.484 e. The van der Waals surface area contributed by atoms with Crippen molar-refractivity contribution in [1.29, 1.82) is 0 Å². The molecule has 1 amide bonds. The molecule has 1 aliphatic heterocycles. The molecule has 1 aliphatic rings. The Morgan fingerprint density at radius 1 is 1.29 bits per heavy atom. The predicted molar refractivity (Wildman–Crippen MR) is 97.9 cm³/mol. The minimum atomic E-state index is -4.45. The van der Waals surface area contributed by atoms with E-state index in [0.717, 1.165) is 23.4 Å². The second-order valence-electron chi connectivity index (χ2n) is 6.31. The van der Waals surface area contributed by atoms with Crippen LogP contribution in [0.25, 0.3) is 0 Å². The average Bonchev–Trinajstić information content (AvgIpc) is 3.14. The lowest BCUT2D eigenvalue weighted by atomic mass is 10.2.